The SMILES string of the molecule is CN(N=Cc1ccc(F)cc1)C1=NS(=O)(=O)c2ccccc21. The van der Waals surface area contributed by atoms with Gasteiger partial charge in [-0.2, -0.15) is 13.5 Å². The van der Waals surface area contributed by atoms with Crippen molar-refractivity contribution in [2.24, 2.45) is 9.50 Å². The summed E-state index contributed by atoms with van der Waals surface area (Å²) in [6, 6.07) is 12.4. The van der Waals surface area contributed by atoms with Gasteiger partial charge in [0.25, 0.3) is 10.0 Å². The van der Waals surface area contributed by atoms with Gasteiger partial charge in [0, 0.05) is 12.6 Å². The van der Waals surface area contributed by atoms with Gasteiger partial charge in [0.2, 0.25) is 0 Å². The van der Waals surface area contributed by atoms with Crippen molar-refractivity contribution < 1.29 is 12.8 Å². The first-order valence-corrected chi connectivity index (χ1v) is 7.89. The zero-order chi connectivity index (χ0) is 15.7. The second-order valence-electron chi connectivity index (χ2n) is 4.71. The molecule has 7 heteroatoms. The van der Waals surface area contributed by atoms with Crippen LogP contribution in [0.25, 0.3) is 0 Å². The molecule has 0 radical (unpaired) electrons. The fraction of sp³-hybridized carbons (Fsp3) is 0.0667. The molecule has 0 atom stereocenters. The van der Waals surface area contributed by atoms with Crippen LogP contribution in [-0.2, 0) is 10.0 Å². The Morgan fingerprint density at radius 1 is 1.14 bits per heavy atom. The predicted octanol–water partition coefficient (Wildman–Crippen LogP) is 2.24. The number of sulfonamides is 1. The zero-order valence-corrected chi connectivity index (χ0v) is 12.5. The molecule has 0 aliphatic carbocycles. The molecule has 0 saturated heterocycles. The van der Waals surface area contributed by atoms with Crippen LogP contribution in [0.4, 0.5) is 4.39 Å². The smallest absolute Gasteiger partial charge is 0.250 e. The quantitative estimate of drug-likeness (QED) is 0.630. The molecular formula is C15H12FN3O2S. The Balaban J connectivity index is 1.90. The average molecular weight is 317 g/mol. The van der Waals surface area contributed by atoms with E-state index in [1.54, 1.807) is 37.4 Å². The number of hydrazone groups is 1. The zero-order valence-electron chi connectivity index (χ0n) is 11.6. The Bertz CT molecular complexity index is 874. The summed E-state index contributed by atoms with van der Waals surface area (Å²) in [6.45, 7) is 0. The predicted molar refractivity (Wildman–Crippen MR) is 81.9 cm³/mol. The summed E-state index contributed by atoms with van der Waals surface area (Å²) in [4.78, 5) is 0.175. The topological polar surface area (TPSA) is 62.1 Å². The molecular weight excluding hydrogens is 305 g/mol. The van der Waals surface area contributed by atoms with Crippen molar-refractivity contribution in [2.45, 2.75) is 4.90 Å². The molecule has 2 aromatic rings. The highest BCUT2D eigenvalue weighted by molar-refractivity contribution is 7.90. The van der Waals surface area contributed by atoms with E-state index in [1.807, 2.05) is 0 Å². The number of hydrogen-bond donors (Lipinski definition) is 0. The summed E-state index contributed by atoms with van der Waals surface area (Å²) >= 11 is 0. The second-order valence-corrected chi connectivity index (χ2v) is 6.28. The molecule has 0 amide bonds. The van der Waals surface area contributed by atoms with E-state index < -0.39 is 10.0 Å². The lowest BCUT2D eigenvalue weighted by Gasteiger charge is -2.12. The van der Waals surface area contributed by atoms with Gasteiger partial charge in [0.15, 0.2) is 5.84 Å². The molecule has 0 fully saturated rings. The van der Waals surface area contributed by atoms with Crippen LogP contribution in [0.3, 0.4) is 0 Å². The lowest BCUT2D eigenvalue weighted by molar-refractivity contribution is 0.549. The molecule has 22 heavy (non-hydrogen) atoms. The van der Waals surface area contributed by atoms with Gasteiger partial charge in [-0.3, -0.25) is 0 Å². The van der Waals surface area contributed by atoms with Crippen molar-refractivity contribution in [2.75, 3.05) is 7.05 Å². The molecule has 0 spiro atoms. The van der Waals surface area contributed by atoms with E-state index >= 15 is 0 Å². The minimum atomic E-state index is -3.67. The van der Waals surface area contributed by atoms with Crippen LogP contribution < -0.4 is 0 Å². The summed E-state index contributed by atoms with van der Waals surface area (Å²) in [6.07, 6.45) is 1.51. The second kappa shape index (κ2) is 5.34. The van der Waals surface area contributed by atoms with Crippen molar-refractivity contribution in [1.82, 2.24) is 5.01 Å². The monoisotopic (exact) mass is 317 g/mol. The molecule has 0 saturated carbocycles. The highest BCUT2D eigenvalue weighted by Gasteiger charge is 2.30. The van der Waals surface area contributed by atoms with Gasteiger partial charge in [-0.1, -0.05) is 24.3 Å². The van der Waals surface area contributed by atoms with Crippen LogP contribution in [0.2, 0.25) is 0 Å². The van der Waals surface area contributed by atoms with Gasteiger partial charge < -0.3 is 0 Å². The van der Waals surface area contributed by atoms with Crippen LogP contribution in [0.5, 0.6) is 0 Å². The van der Waals surface area contributed by atoms with E-state index in [2.05, 4.69) is 9.50 Å². The van der Waals surface area contributed by atoms with Crippen LogP contribution in [-0.4, -0.2) is 32.5 Å². The number of amidine groups is 1. The van der Waals surface area contributed by atoms with Crippen LogP contribution in [0.1, 0.15) is 11.1 Å². The summed E-state index contributed by atoms with van der Waals surface area (Å²) in [7, 11) is -2.06. The fourth-order valence-electron chi connectivity index (χ4n) is 2.08. The Hall–Kier alpha value is -2.54. The van der Waals surface area contributed by atoms with Crippen molar-refractivity contribution in [3.63, 3.8) is 0 Å². The van der Waals surface area contributed by atoms with Gasteiger partial charge in [0.1, 0.15) is 10.7 Å². The summed E-state index contributed by atoms with van der Waals surface area (Å²) in [5.41, 5.74) is 1.21. The fourth-order valence-corrected chi connectivity index (χ4v) is 3.31. The Kier molecular flexibility index (Phi) is 3.50. The van der Waals surface area contributed by atoms with Crippen LogP contribution in [0, 0.1) is 5.82 Å². The third kappa shape index (κ3) is 2.62. The standard InChI is InChI=1S/C15H12FN3O2S/c1-19(17-10-11-6-8-12(16)9-7-11)15-13-4-2-3-5-14(13)22(20,21)18-15/h2-10H,1H3. The third-order valence-corrected chi connectivity index (χ3v) is 4.49. The number of halogens is 1. The van der Waals surface area contributed by atoms with Crippen molar-refractivity contribution >= 4 is 22.1 Å². The molecule has 5 nitrogen and oxygen atoms in total. The summed E-state index contributed by atoms with van der Waals surface area (Å²) < 4.78 is 40.5. The summed E-state index contributed by atoms with van der Waals surface area (Å²) in [5, 5.41) is 5.54. The normalized spacial score (nSPS) is 15.6. The molecule has 2 aromatic carbocycles. The molecule has 1 heterocycles. The minimum absolute atomic E-state index is 0.175. The van der Waals surface area contributed by atoms with Crippen molar-refractivity contribution in [1.29, 1.82) is 0 Å². The minimum Gasteiger partial charge on any atom is -0.250 e. The van der Waals surface area contributed by atoms with Crippen LogP contribution in [0.15, 0.2) is 62.9 Å². The van der Waals surface area contributed by atoms with Gasteiger partial charge in [-0.15, -0.1) is 4.40 Å². The van der Waals surface area contributed by atoms with E-state index in [1.165, 1.54) is 29.4 Å². The van der Waals surface area contributed by atoms with E-state index in [4.69, 9.17) is 0 Å². The molecule has 1 aliphatic heterocycles. The Labute approximate surface area is 127 Å². The molecule has 0 aromatic heterocycles. The van der Waals surface area contributed by atoms with E-state index in [0.29, 0.717) is 11.1 Å². The molecule has 0 bridgehead atoms. The number of fused-ring (bicyclic) bond motifs is 1. The van der Waals surface area contributed by atoms with Crippen molar-refractivity contribution in [3.8, 4) is 0 Å². The maximum absolute atomic E-state index is 12.8. The highest BCUT2D eigenvalue weighted by Crippen LogP contribution is 2.26. The first-order chi connectivity index (χ1) is 10.5. The molecule has 0 N–H and O–H groups in total. The Morgan fingerprint density at radius 3 is 2.55 bits per heavy atom. The molecule has 3 rings (SSSR count). The highest BCUT2D eigenvalue weighted by atomic mass is 32.2. The average Bonchev–Trinajstić information content (AvgIpc) is 2.79. The lowest BCUT2D eigenvalue weighted by Crippen LogP contribution is -2.21. The molecule has 1 aliphatic rings. The molecule has 0 unspecified atom stereocenters. The third-order valence-electron chi connectivity index (χ3n) is 3.17. The van der Waals surface area contributed by atoms with Crippen molar-refractivity contribution in [3.05, 3.63) is 65.5 Å². The number of hydrogen-bond acceptors (Lipinski definition) is 4. The number of rotatable bonds is 2. The number of benzene rings is 2. The van der Waals surface area contributed by atoms with Gasteiger partial charge in [-0.05, 0) is 29.8 Å². The van der Waals surface area contributed by atoms with Crippen LogP contribution >= 0.6 is 0 Å². The van der Waals surface area contributed by atoms with E-state index in [9.17, 15) is 12.8 Å². The maximum Gasteiger partial charge on any atom is 0.285 e. The van der Waals surface area contributed by atoms with Gasteiger partial charge >= 0.3 is 0 Å². The Morgan fingerprint density at radius 2 is 1.82 bits per heavy atom. The van der Waals surface area contributed by atoms with Gasteiger partial charge in [0.05, 0.1) is 6.21 Å². The van der Waals surface area contributed by atoms with Gasteiger partial charge in [-0.25, -0.2) is 9.40 Å². The largest absolute Gasteiger partial charge is 0.285 e. The lowest BCUT2D eigenvalue weighted by atomic mass is 10.2. The van der Waals surface area contributed by atoms with E-state index in [-0.39, 0.29) is 16.5 Å². The molecule has 112 valence electrons. The maximum atomic E-state index is 12.8. The first kappa shape index (κ1) is 14.4. The van der Waals surface area contributed by atoms with E-state index in [0.717, 1.165) is 0 Å². The number of nitrogens with zero attached hydrogens (tertiary/aromatic N) is 3. The summed E-state index contributed by atoms with van der Waals surface area (Å²) in [5.74, 6) is -0.0698. The first-order valence-electron chi connectivity index (χ1n) is 6.45.